The van der Waals surface area contributed by atoms with E-state index in [0.29, 0.717) is 0 Å². The summed E-state index contributed by atoms with van der Waals surface area (Å²) >= 11 is 1.67. The van der Waals surface area contributed by atoms with Crippen LogP contribution < -0.4 is 10.1 Å². The molecule has 4 rings (SSSR count). The first-order chi connectivity index (χ1) is 16.0. The number of benzene rings is 2. The fourth-order valence-corrected chi connectivity index (χ4v) is 5.52. The van der Waals surface area contributed by atoms with Gasteiger partial charge in [-0.25, -0.2) is 4.99 Å². The van der Waals surface area contributed by atoms with Gasteiger partial charge in [0.1, 0.15) is 10.8 Å². The summed E-state index contributed by atoms with van der Waals surface area (Å²) in [6, 6.07) is 12.1. The van der Waals surface area contributed by atoms with Gasteiger partial charge in [-0.1, -0.05) is 31.0 Å². The highest BCUT2D eigenvalue weighted by Crippen LogP contribution is 2.39. The van der Waals surface area contributed by atoms with E-state index in [1.165, 1.54) is 40.8 Å². The van der Waals surface area contributed by atoms with Gasteiger partial charge >= 0.3 is 0 Å². The van der Waals surface area contributed by atoms with Gasteiger partial charge in [-0.2, -0.15) is 0 Å². The van der Waals surface area contributed by atoms with E-state index in [0.717, 1.165) is 52.4 Å². The molecule has 33 heavy (non-hydrogen) atoms. The Hall–Kier alpha value is -2.92. The molecule has 1 N–H and O–H groups in total. The lowest BCUT2D eigenvalue weighted by Crippen LogP contribution is -2.14. The third-order valence-corrected chi connectivity index (χ3v) is 7.61. The van der Waals surface area contributed by atoms with Crippen LogP contribution in [0.15, 0.2) is 41.4 Å². The minimum Gasteiger partial charge on any atom is -0.496 e. The standard InChI is InChI=1S/C28H32N2O2S/c1-18-12-14-22(15-20(18)3)30-27(31)26-23-9-7-5-6-8-10-25(23)33-28(26)29-17-21-13-11-19(2)24(16-21)32-4/h11-17H,5-10H2,1-4H3,(H,30,31). The molecule has 0 fully saturated rings. The number of methoxy groups -OCH3 is 1. The molecule has 0 bridgehead atoms. The van der Waals surface area contributed by atoms with Crippen molar-refractivity contribution in [1.29, 1.82) is 0 Å². The first-order valence-corrected chi connectivity index (χ1v) is 12.5. The number of hydrogen-bond donors (Lipinski definition) is 1. The highest BCUT2D eigenvalue weighted by molar-refractivity contribution is 7.16. The minimum absolute atomic E-state index is 0.0648. The maximum absolute atomic E-state index is 13.5. The lowest BCUT2D eigenvalue weighted by molar-refractivity contribution is 0.102. The predicted molar refractivity (Wildman–Crippen MR) is 139 cm³/mol. The van der Waals surface area contributed by atoms with Gasteiger partial charge in [0.25, 0.3) is 5.91 Å². The van der Waals surface area contributed by atoms with Gasteiger partial charge in [-0.15, -0.1) is 11.3 Å². The molecular formula is C28H32N2O2S. The predicted octanol–water partition coefficient (Wildman–Crippen LogP) is 7.34. The number of ether oxygens (including phenoxy) is 1. The zero-order valence-electron chi connectivity index (χ0n) is 20.0. The van der Waals surface area contributed by atoms with Crippen molar-refractivity contribution >= 4 is 34.1 Å². The van der Waals surface area contributed by atoms with Crippen LogP contribution in [-0.2, 0) is 12.8 Å². The van der Waals surface area contributed by atoms with Crippen LogP contribution in [0.3, 0.4) is 0 Å². The van der Waals surface area contributed by atoms with Crippen molar-refractivity contribution in [2.24, 2.45) is 4.99 Å². The number of carbonyl (C=O) groups excluding carboxylic acids is 1. The van der Waals surface area contributed by atoms with Gasteiger partial charge in [0.15, 0.2) is 0 Å². The molecule has 1 aliphatic carbocycles. The van der Waals surface area contributed by atoms with Gasteiger partial charge in [-0.05, 0) is 92.5 Å². The summed E-state index contributed by atoms with van der Waals surface area (Å²) in [5.74, 6) is 0.773. The van der Waals surface area contributed by atoms with Crippen molar-refractivity contribution in [2.45, 2.75) is 59.3 Å². The molecule has 0 radical (unpaired) electrons. The van der Waals surface area contributed by atoms with Crippen LogP contribution in [0.2, 0.25) is 0 Å². The Bertz CT molecular complexity index is 1190. The lowest BCUT2D eigenvalue weighted by atomic mass is 9.96. The third-order valence-electron chi connectivity index (χ3n) is 6.41. The van der Waals surface area contributed by atoms with Crippen molar-refractivity contribution in [2.75, 3.05) is 12.4 Å². The van der Waals surface area contributed by atoms with E-state index in [4.69, 9.17) is 9.73 Å². The first-order valence-electron chi connectivity index (χ1n) is 11.7. The van der Waals surface area contributed by atoms with Crippen molar-refractivity contribution in [3.8, 4) is 5.75 Å². The van der Waals surface area contributed by atoms with Gasteiger partial charge in [0, 0.05) is 16.8 Å². The van der Waals surface area contributed by atoms with Gasteiger partial charge < -0.3 is 10.1 Å². The van der Waals surface area contributed by atoms with E-state index in [9.17, 15) is 4.79 Å². The number of carbonyl (C=O) groups is 1. The molecule has 172 valence electrons. The van der Waals surface area contributed by atoms with Crippen molar-refractivity contribution < 1.29 is 9.53 Å². The molecule has 1 aliphatic rings. The number of hydrogen-bond acceptors (Lipinski definition) is 4. The number of nitrogens with one attached hydrogen (secondary N) is 1. The fraction of sp³-hybridized carbons (Fsp3) is 0.357. The quantitative estimate of drug-likeness (QED) is 0.405. The normalized spacial score (nSPS) is 13.9. The molecule has 0 saturated carbocycles. The van der Waals surface area contributed by atoms with Crippen LogP contribution in [0.25, 0.3) is 0 Å². The Morgan fingerprint density at radius 2 is 1.73 bits per heavy atom. The highest BCUT2D eigenvalue weighted by Gasteiger charge is 2.24. The van der Waals surface area contributed by atoms with Gasteiger partial charge in [0.05, 0.1) is 12.7 Å². The molecule has 4 nitrogen and oxygen atoms in total. The third kappa shape index (κ3) is 5.36. The average molecular weight is 461 g/mol. The Morgan fingerprint density at radius 1 is 0.970 bits per heavy atom. The van der Waals surface area contributed by atoms with Crippen LogP contribution >= 0.6 is 11.3 Å². The molecule has 0 atom stereocenters. The Labute approximate surface area is 200 Å². The summed E-state index contributed by atoms with van der Waals surface area (Å²) in [6.07, 6.45) is 8.57. The molecule has 0 unspecified atom stereocenters. The van der Waals surface area contributed by atoms with Gasteiger partial charge in [0.2, 0.25) is 0 Å². The van der Waals surface area contributed by atoms with E-state index in [1.54, 1.807) is 18.4 Å². The second kappa shape index (κ2) is 10.3. The van der Waals surface area contributed by atoms with Crippen LogP contribution in [0.4, 0.5) is 10.7 Å². The Kier molecular flexibility index (Phi) is 7.29. The number of amides is 1. The van der Waals surface area contributed by atoms with E-state index < -0.39 is 0 Å². The zero-order valence-corrected chi connectivity index (χ0v) is 20.8. The van der Waals surface area contributed by atoms with Gasteiger partial charge in [-0.3, -0.25) is 4.79 Å². The molecule has 1 aromatic heterocycles. The molecule has 0 spiro atoms. The summed E-state index contributed by atoms with van der Waals surface area (Å²) in [6.45, 7) is 6.17. The number of nitrogens with zero attached hydrogens (tertiary/aromatic N) is 1. The zero-order chi connectivity index (χ0) is 23.4. The fourth-order valence-electron chi connectivity index (χ4n) is 4.29. The molecule has 3 aromatic rings. The average Bonchev–Trinajstić information content (AvgIpc) is 3.12. The monoisotopic (exact) mass is 460 g/mol. The molecule has 0 aliphatic heterocycles. The second-order valence-corrected chi connectivity index (χ2v) is 9.92. The topological polar surface area (TPSA) is 50.7 Å². The Morgan fingerprint density at radius 3 is 2.48 bits per heavy atom. The first kappa shape index (κ1) is 23.2. The SMILES string of the molecule is COc1cc(C=Nc2sc3c(c2C(=O)Nc2ccc(C)c(C)c2)CCCCCC3)ccc1C. The van der Waals surface area contributed by atoms with E-state index in [1.807, 2.05) is 49.5 Å². The van der Waals surface area contributed by atoms with Crippen LogP contribution in [-0.4, -0.2) is 19.2 Å². The number of anilines is 1. The van der Waals surface area contributed by atoms with Crippen molar-refractivity contribution in [1.82, 2.24) is 0 Å². The largest absolute Gasteiger partial charge is 0.496 e. The molecule has 2 aromatic carbocycles. The molecule has 0 saturated heterocycles. The maximum atomic E-state index is 13.5. The maximum Gasteiger partial charge on any atom is 0.259 e. The Balaban J connectivity index is 1.70. The van der Waals surface area contributed by atoms with Crippen molar-refractivity contribution in [3.63, 3.8) is 0 Å². The molecule has 5 heteroatoms. The summed E-state index contributed by atoms with van der Waals surface area (Å²) in [4.78, 5) is 19.7. The number of thiophene rings is 1. The summed E-state index contributed by atoms with van der Waals surface area (Å²) in [7, 11) is 1.68. The molecule has 1 heterocycles. The van der Waals surface area contributed by atoms with E-state index in [-0.39, 0.29) is 5.91 Å². The summed E-state index contributed by atoms with van der Waals surface area (Å²) in [5, 5.41) is 3.93. The van der Waals surface area contributed by atoms with E-state index >= 15 is 0 Å². The van der Waals surface area contributed by atoms with Crippen LogP contribution in [0.1, 0.15) is 68.7 Å². The number of aryl methyl sites for hydroxylation is 4. The summed E-state index contributed by atoms with van der Waals surface area (Å²) < 4.78 is 5.45. The van der Waals surface area contributed by atoms with Crippen LogP contribution in [0.5, 0.6) is 5.75 Å². The lowest BCUT2D eigenvalue weighted by Gasteiger charge is -2.12. The number of fused-ring (bicyclic) bond motifs is 1. The number of rotatable bonds is 5. The molecular weight excluding hydrogens is 428 g/mol. The minimum atomic E-state index is -0.0648. The second-order valence-electron chi connectivity index (χ2n) is 8.84. The summed E-state index contributed by atoms with van der Waals surface area (Å²) in [5.41, 5.74) is 7.18. The number of aliphatic imine (C=N–C) groups is 1. The molecule has 1 amide bonds. The smallest absolute Gasteiger partial charge is 0.259 e. The highest BCUT2D eigenvalue weighted by atomic mass is 32.1. The van der Waals surface area contributed by atoms with E-state index in [2.05, 4.69) is 19.2 Å². The van der Waals surface area contributed by atoms with Crippen molar-refractivity contribution in [3.05, 3.63) is 74.7 Å². The van der Waals surface area contributed by atoms with Crippen LogP contribution in [0, 0.1) is 20.8 Å².